The number of benzene rings is 2. The molecular weight excluding hydrogens is 455 g/mol. The Morgan fingerprint density at radius 3 is 1.74 bits per heavy atom. The first-order valence-electron chi connectivity index (χ1n) is 10.2. The summed E-state index contributed by atoms with van der Waals surface area (Å²) in [4.78, 5) is 17.1. The molecule has 1 fully saturated rings. The number of nitrogens with two attached hydrogens (primary N) is 1. The van der Waals surface area contributed by atoms with E-state index < -0.39 is 6.04 Å². The number of carbonyl (C=O) groups excluding carboxylic acids is 1. The number of amides is 1. The maximum Gasteiger partial charge on any atom is 0.241 e. The van der Waals surface area contributed by atoms with Crippen LogP contribution >= 0.6 is 37.2 Å². The smallest absolute Gasteiger partial charge is 0.241 e. The molecule has 2 aromatic carbocycles. The number of anilines is 1. The van der Waals surface area contributed by atoms with Gasteiger partial charge in [-0.3, -0.25) is 14.6 Å². The number of rotatable bonds is 7. The maximum atomic E-state index is 12.1. The van der Waals surface area contributed by atoms with E-state index >= 15 is 0 Å². The number of nitrogens with one attached hydrogen (secondary N) is 1. The molecule has 1 heterocycles. The predicted molar refractivity (Wildman–Crippen MR) is 137 cm³/mol. The van der Waals surface area contributed by atoms with Crippen LogP contribution in [0.25, 0.3) is 0 Å². The number of halogens is 3. The van der Waals surface area contributed by atoms with Gasteiger partial charge in [-0.2, -0.15) is 0 Å². The number of nitrogens with zero attached hydrogens (tertiary/aromatic N) is 2. The van der Waals surface area contributed by atoms with E-state index in [-0.39, 0.29) is 49.0 Å². The quantitative estimate of drug-likeness (QED) is 0.612. The molecule has 3 N–H and O–H groups in total. The van der Waals surface area contributed by atoms with E-state index in [4.69, 9.17) is 5.73 Å². The van der Waals surface area contributed by atoms with Crippen molar-refractivity contribution in [3.8, 4) is 0 Å². The van der Waals surface area contributed by atoms with Crippen LogP contribution in [-0.2, 0) is 17.9 Å². The van der Waals surface area contributed by atoms with E-state index in [9.17, 15) is 4.79 Å². The second kappa shape index (κ2) is 14.7. The minimum Gasteiger partial charge on any atom is -0.325 e. The van der Waals surface area contributed by atoms with Crippen LogP contribution in [0.1, 0.15) is 25.0 Å². The number of hydrogen-bond acceptors (Lipinski definition) is 4. The van der Waals surface area contributed by atoms with Gasteiger partial charge in [0, 0.05) is 45.0 Å². The highest BCUT2D eigenvalue weighted by Crippen LogP contribution is 2.15. The number of hydrogen-bond donors (Lipinski definition) is 2. The molecule has 0 radical (unpaired) electrons. The Balaban J connectivity index is 0.00000300. The van der Waals surface area contributed by atoms with Gasteiger partial charge in [-0.05, 0) is 29.2 Å². The molecule has 1 aliphatic rings. The molecule has 0 bridgehead atoms. The highest BCUT2D eigenvalue weighted by molar-refractivity contribution is 5.94. The normalized spacial score (nSPS) is 15.2. The van der Waals surface area contributed by atoms with Gasteiger partial charge in [0.05, 0.1) is 6.04 Å². The molecule has 0 spiro atoms. The van der Waals surface area contributed by atoms with Crippen LogP contribution in [0.2, 0.25) is 0 Å². The molecule has 8 heteroatoms. The van der Waals surface area contributed by atoms with Crippen molar-refractivity contribution >= 4 is 48.8 Å². The van der Waals surface area contributed by atoms with Crippen molar-refractivity contribution in [1.29, 1.82) is 0 Å². The first kappa shape index (κ1) is 29.7. The largest absolute Gasteiger partial charge is 0.325 e. The van der Waals surface area contributed by atoms with E-state index in [1.54, 1.807) is 0 Å². The van der Waals surface area contributed by atoms with Gasteiger partial charge in [-0.1, -0.05) is 56.3 Å². The van der Waals surface area contributed by atoms with E-state index in [1.807, 2.05) is 26.0 Å². The Labute approximate surface area is 205 Å². The van der Waals surface area contributed by atoms with Gasteiger partial charge in [0.25, 0.3) is 0 Å². The van der Waals surface area contributed by atoms with Crippen molar-refractivity contribution in [1.82, 2.24) is 9.80 Å². The zero-order valence-electron chi connectivity index (χ0n) is 18.2. The Morgan fingerprint density at radius 2 is 1.29 bits per heavy atom. The van der Waals surface area contributed by atoms with Gasteiger partial charge in [0.1, 0.15) is 0 Å². The topological polar surface area (TPSA) is 61.6 Å². The summed E-state index contributed by atoms with van der Waals surface area (Å²) in [6.45, 7) is 10.2. The van der Waals surface area contributed by atoms with Gasteiger partial charge in [-0.25, -0.2) is 0 Å². The number of piperazine rings is 1. The van der Waals surface area contributed by atoms with Gasteiger partial charge in [0.2, 0.25) is 5.91 Å². The third-order valence-electron chi connectivity index (χ3n) is 5.36. The molecule has 1 aliphatic heterocycles. The SMILES string of the molecule is CC(C)C(N)C(=O)Nc1ccc(CN2CCN(Cc3ccccc3)CC2)cc1.Cl.Cl.Cl. The summed E-state index contributed by atoms with van der Waals surface area (Å²) < 4.78 is 0. The summed E-state index contributed by atoms with van der Waals surface area (Å²) in [5.41, 5.74) is 9.35. The summed E-state index contributed by atoms with van der Waals surface area (Å²) in [5, 5.41) is 2.90. The van der Waals surface area contributed by atoms with E-state index in [0.717, 1.165) is 45.0 Å². The average molecular weight is 490 g/mol. The van der Waals surface area contributed by atoms with Crippen LogP contribution in [0, 0.1) is 5.92 Å². The van der Waals surface area contributed by atoms with E-state index in [2.05, 4.69) is 57.6 Å². The lowest BCUT2D eigenvalue weighted by atomic mass is 10.0. The summed E-state index contributed by atoms with van der Waals surface area (Å²) in [6, 6.07) is 18.3. The van der Waals surface area contributed by atoms with Crippen molar-refractivity contribution < 1.29 is 4.79 Å². The average Bonchev–Trinajstić information content (AvgIpc) is 2.71. The molecule has 1 atom stereocenters. The lowest BCUT2D eigenvalue weighted by Gasteiger charge is -2.34. The summed E-state index contributed by atoms with van der Waals surface area (Å²) in [7, 11) is 0. The Morgan fingerprint density at radius 1 is 0.839 bits per heavy atom. The van der Waals surface area contributed by atoms with Crippen molar-refractivity contribution in [2.45, 2.75) is 33.0 Å². The van der Waals surface area contributed by atoms with Gasteiger partial charge in [-0.15, -0.1) is 37.2 Å². The van der Waals surface area contributed by atoms with Gasteiger partial charge in [0.15, 0.2) is 0 Å². The zero-order chi connectivity index (χ0) is 19.9. The van der Waals surface area contributed by atoms with E-state index in [1.165, 1.54) is 11.1 Å². The monoisotopic (exact) mass is 488 g/mol. The van der Waals surface area contributed by atoms with Crippen molar-refractivity contribution in [3.05, 3.63) is 65.7 Å². The van der Waals surface area contributed by atoms with Gasteiger partial charge >= 0.3 is 0 Å². The lowest BCUT2D eigenvalue weighted by Crippen LogP contribution is -2.45. The third-order valence-corrected chi connectivity index (χ3v) is 5.36. The number of carbonyl (C=O) groups is 1. The van der Waals surface area contributed by atoms with Crippen molar-refractivity contribution in [2.24, 2.45) is 11.7 Å². The molecule has 0 saturated carbocycles. The summed E-state index contributed by atoms with van der Waals surface area (Å²) in [5.74, 6) is -0.00267. The molecule has 5 nitrogen and oxygen atoms in total. The van der Waals surface area contributed by atoms with Gasteiger partial charge < -0.3 is 11.1 Å². The minimum absolute atomic E-state index is 0. The van der Waals surface area contributed by atoms with Crippen molar-refractivity contribution in [2.75, 3.05) is 31.5 Å². The molecule has 174 valence electrons. The lowest BCUT2D eigenvalue weighted by molar-refractivity contribution is -0.118. The summed E-state index contributed by atoms with van der Waals surface area (Å²) in [6.07, 6.45) is 0. The Kier molecular flexibility index (Phi) is 14.0. The van der Waals surface area contributed by atoms with Crippen LogP contribution in [0.5, 0.6) is 0 Å². The zero-order valence-corrected chi connectivity index (χ0v) is 20.6. The fourth-order valence-corrected chi connectivity index (χ4v) is 3.43. The standard InChI is InChI=1S/C23H32N4O.3ClH/c1-18(2)22(24)23(28)25-21-10-8-20(9-11-21)17-27-14-12-26(13-15-27)16-19-6-4-3-5-7-19;;;/h3-11,18,22H,12-17,24H2,1-2H3,(H,25,28);3*1H. The van der Waals surface area contributed by atoms with Crippen molar-refractivity contribution in [3.63, 3.8) is 0 Å². The molecule has 0 aliphatic carbocycles. The molecule has 2 aromatic rings. The fourth-order valence-electron chi connectivity index (χ4n) is 3.43. The first-order valence-corrected chi connectivity index (χ1v) is 10.2. The molecule has 3 rings (SSSR count). The summed E-state index contributed by atoms with van der Waals surface area (Å²) >= 11 is 0. The molecule has 1 saturated heterocycles. The highest BCUT2D eigenvalue weighted by atomic mass is 35.5. The van der Waals surface area contributed by atoms with Crippen LogP contribution in [0.4, 0.5) is 5.69 Å². The Hall–Kier alpha value is -1.34. The molecule has 0 aromatic heterocycles. The van der Waals surface area contributed by atoms with Crippen LogP contribution in [0.15, 0.2) is 54.6 Å². The second-order valence-corrected chi connectivity index (χ2v) is 7.99. The highest BCUT2D eigenvalue weighted by Gasteiger charge is 2.18. The third kappa shape index (κ3) is 9.36. The van der Waals surface area contributed by atoms with Crippen LogP contribution in [-0.4, -0.2) is 47.9 Å². The molecule has 31 heavy (non-hydrogen) atoms. The molecule has 1 unspecified atom stereocenters. The fraction of sp³-hybridized carbons (Fsp3) is 0.435. The second-order valence-electron chi connectivity index (χ2n) is 7.99. The first-order chi connectivity index (χ1) is 13.5. The molecule has 1 amide bonds. The van der Waals surface area contributed by atoms with Crippen LogP contribution < -0.4 is 11.1 Å². The van der Waals surface area contributed by atoms with E-state index in [0.29, 0.717) is 0 Å². The van der Waals surface area contributed by atoms with Crippen LogP contribution in [0.3, 0.4) is 0 Å². The maximum absolute atomic E-state index is 12.1. The minimum atomic E-state index is -0.480. The Bertz CT molecular complexity index is 751. The predicted octanol–water partition coefficient (Wildman–Crippen LogP) is 4.19. The molecular formula is C23H35Cl3N4O.